The first-order valence-corrected chi connectivity index (χ1v) is 3.35. The van der Waals surface area contributed by atoms with Crippen LogP contribution >= 0.6 is 0 Å². The van der Waals surface area contributed by atoms with E-state index in [2.05, 4.69) is 23.1 Å². The Bertz CT molecular complexity index is 185. The third-order valence-corrected chi connectivity index (χ3v) is 1.07. The number of hydrogen-bond acceptors (Lipinski definition) is 1. The summed E-state index contributed by atoms with van der Waals surface area (Å²) in [6, 6.07) is 0. The van der Waals surface area contributed by atoms with Crippen LogP contribution in [0.25, 0.3) is 0 Å². The van der Waals surface area contributed by atoms with Crippen LogP contribution in [-0.4, -0.2) is 12.1 Å². The highest BCUT2D eigenvalue weighted by Crippen LogP contribution is 1.97. The van der Waals surface area contributed by atoms with Crippen LogP contribution in [0.5, 0.6) is 0 Å². The van der Waals surface area contributed by atoms with Gasteiger partial charge >= 0.3 is 0 Å². The molecule has 1 nitrogen and oxygen atoms in total. The summed E-state index contributed by atoms with van der Waals surface area (Å²) in [6.07, 6.45) is 4.98. The van der Waals surface area contributed by atoms with Gasteiger partial charge in [-0.1, -0.05) is 12.8 Å². The molecule has 1 N–H and O–H groups in total. The molecule has 1 heteroatoms. The molecule has 0 atom stereocenters. The first-order valence-electron chi connectivity index (χ1n) is 3.35. The molecule has 0 saturated heterocycles. The molecule has 0 amide bonds. The molecule has 10 heavy (non-hydrogen) atoms. The van der Waals surface area contributed by atoms with Crippen LogP contribution in [-0.2, 0) is 0 Å². The predicted octanol–water partition coefficient (Wildman–Crippen LogP) is 1.01. The average molecular weight is 135 g/mol. The number of rotatable bonds is 2. The maximum Gasteiger partial charge on any atom is 0.0754 e. The highest BCUT2D eigenvalue weighted by molar-refractivity contribution is 5.27. The fraction of sp³-hybridized carbons (Fsp3) is 0.556. The molecule has 0 spiro atoms. The second kappa shape index (κ2) is 3.99. The van der Waals surface area contributed by atoms with Gasteiger partial charge in [0.1, 0.15) is 0 Å². The van der Waals surface area contributed by atoms with Gasteiger partial charge in [0.05, 0.1) is 5.54 Å². The zero-order valence-corrected chi connectivity index (χ0v) is 6.78. The summed E-state index contributed by atoms with van der Waals surface area (Å²) in [7, 11) is 0. The van der Waals surface area contributed by atoms with E-state index >= 15 is 0 Å². The molecular weight excluding hydrogens is 122 g/mol. The molecule has 0 aliphatic carbocycles. The standard InChI is InChI=1S/C9H13N/c1-5-7-8-9(3,4)10-6-2/h1,10H,6H2,2-4H3. The van der Waals surface area contributed by atoms with E-state index < -0.39 is 0 Å². The van der Waals surface area contributed by atoms with E-state index in [9.17, 15) is 0 Å². The Labute approximate surface area is 63.2 Å². The first kappa shape index (κ1) is 9.08. The molecule has 0 bridgehead atoms. The van der Waals surface area contributed by atoms with E-state index in [1.54, 1.807) is 0 Å². The summed E-state index contributed by atoms with van der Waals surface area (Å²) in [4.78, 5) is 0. The molecule has 0 fully saturated rings. The Kier molecular flexibility index (Phi) is 3.62. The Morgan fingerprint density at radius 2 is 2.10 bits per heavy atom. The second-order valence-electron chi connectivity index (χ2n) is 2.55. The fourth-order valence-electron chi connectivity index (χ4n) is 0.678. The quantitative estimate of drug-likeness (QED) is 0.557. The number of nitrogens with one attached hydrogen (secondary N) is 1. The zero-order chi connectivity index (χ0) is 8.04. The van der Waals surface area contributed by atoms with Gasteiger partial charge in [-0.3, -0.25) is 0 Å². The van der Waals surface area contributed by atoms with Gasteiger partial charge in [-0.2, -0.15) is 0 Å². The molecule has 0 aromatic heterocycles. The van der Waals surface area contributed by atoms with Gasteiger partial charge in [0, 0.05) is 0 Å². The van der Waals surface area contributed by atoms with Crippen molar-refractivity contribution in [1.29, 1.82) is 0 Å². The van der Waals surface area contributed by atoms with E-state index in [0.29, 0.717) is 0 Å². The summed E-state index contributed by atoms with van der Waals surface area (Å²) < 4.78 is 0. The van der Waals surface area contributed by atoms with Crippen molar-refractivity contribution >= 4 is 0 Å². The second-order valence-corrected chi connectivity index (χ2v) is 2.55. The molecule has 0 aliphatic rings. The van der Waals surface area contributed by atoms with Gasteiger partial charge in [0.15, 0.2) is 0 Å². The third kappa shape index (κ3) is 4.01. The molecule has 54 valence electrons. The third-order valence-electron chi connectivity index (χ3n) is 1.07. The Balaban J connectivity index is 4.01. The molecule has 0 aliphatic heterocycles. The summed E-state index contributed by atoms with van der Waals surface area (Å²) >= 11 is 0. The van der Waals surface area contributed by atoms with E-state index in [1.165, 1.54) is 0 Å². The van der Waals surface area contributed by atoms with Gasteiger partial charge in [0.25, 0.3) is 0 Å². The van der Waals surface area contributed by atoms with Crippen molar-refractivity contribution in [2.24, 2.45) is 0 Å². The van der Waals surface area contributed by atoms with Crippen LogP contribution in [0, 0.1) is 24.2 Å². The maximum atomic E-state index is 4.98. The normalized spacial score (nSPS) is 9.40. The van der Waals surface area contributed by atoms with Crippen molar-refractivity contribution in [3.05, 3.63) is 0 Å². The molecule has 0 saturated carbocycles. The lowest BCUT2D eigenvalue weighted by atomic mass is 10.1. The molecule has 0 rings (SSSR count). The van der Waals surface area contributed by atoms with Gasteiger partial charge < -0.3 is 5.32 Å². The van der Waals surface area contributed by atoms with Crippen LogP contribution in [0.3, 0.4) is 0 Å². The molecule has 0 heterocycles. The van der Waals surface area contributed by atoms with E-state index in [0.717, 1.165) is 6.54 Å². The van der Waals surface area contributed by atoms with Crippen LogP contribution in [0.1, 0.15) is 20.8 Å². The SMILES string of the molecule is C#CC#CC(C)(C)NCC. The lowest BCUT2D eigenvalue weighted by Gasteiger charge is -2.17. The Morgan fingerprint density at radius 1 is 1.50 bits per heavy atom. The topological polar surface area (TPSA) is 12.0 Å². The largest absolute Gasteiger partial charge is 0.302 e. The predicted molar refractivity (Wildman–Crippen MR) is 44.4 cm³/mol. The maximum absolute atomic E-state index is 4.98. The molecule has 0 aromatic rings. The lowest BCUT2D eigenvalue weighted by Crippen LogP contribution is -2.37. The minimum absolute atomic E-state index is 0.152. The fourth-order valence-corrected chi connectivity index (χ4v) is 0.678. The smallest absolute Gasteiger partial charge is 0.0754 e. The molecular formula is C9H13N. The summed E-state index contributed by atoms with van der Waals surface area (Å²) in [5.41, 5.74) is -0.152. The molecule has 0 unspecified atom stereocenters. The van der Waals surface area contributed by atoms with Gasteiger partial charge in [-0.05, 0) is 32.2 Å². The van der Waals surface area contributed by atoms with Crippen LogP contribution < -0.4 is 5.32 Å². The van der Waals surface area contributed by atoms with Crippen molar-refractivity contribution < 1.29 is 0 Å². The Morgan fingerprint density at radius 3 is 2.50 bits per heavy atom. The van der Waals surface area contributed by atoms with Crippen molar-refractivity contribution in [3.8, 4) is 24.2 Å². The van der Waals surface area contributed by atoms with Crippen LogP contribution in [0.2, 0.25) is 0 Å². The summed E-state index contributed by atoms with van der Waals surface area (Å²) in [5, 5.41) is 3.19. The van der Waals surface area contributed by atoms with Gasteiger partial charge in [-0.15, -0.1) is 6.42 Å². The Hall–Kier alpha value is -0.920. The minimum Gasteiger partial charge on any atom is -0.302 e. The van der Waals surface area contributed by atoms with Crippen molar-refractivity contribution in [2.75, 3.05) is 6.54 Å². The number of hydrogen-bond donors (Lipinski definition) is 1. The van der Waals surface area contributed by atoms with Crippen LogP contribution in [0.4, 0.5) is 0 Å². The highest BCUT2D eigenvalue weighted by atomic mass is 14.9. The summed E-state index contributed by atoms with van der Waals surface area (Å²) in [5.74, 6) is 7.78. The molecule has 0 aromatic carbocycles. The zero-order valence-electron chi connectivity index (χ0n) is 6.78. The van der Waals surface area contributed by atoms with E-state index in [-0.39, 0.29) is 5.54 Å². The monoisotopic (exact) mass is 135 g/mol. The van der Waals surface area contributed by atoms with Gasteiger partial charge in [-0.25, -0.2) is 0 Å². The van der Waals surface area contributed by atoms with E-state index in [4.69, 9.17) is 6.42 Å². The minimum atomic E-state index is -0.152. The van der Waals surface area contributed by atoms with Crippen LogP contribution in [0.15, 0.2) is 0 Å². The van der Waals surface area contributed by atoms with Gasteiger partial charge in [0.2, 0.25) is 0 Å². The lowest BCUT2D eigenvalue weighted by molar-refractivity contribution is 0.509. The highest BCUT2D eigenvalue weighted by Gasteiger charge is 2.09. The van der Waals surface area contributed by atoms with Crippen molar-refractivity contribution in [1.82, 2.24) is 5.32 Å². The molecule has 0 radical (unpaired) electrons. The van der Waals surface area contributed by atoms with Crippen molar-refractivity contribution in [3.63, 3.8) is 0 Å². The average Bonchev–Trinajstić information content (AvgIpc) is 1.84. The van der Waals surface area contributed by atoms with Crippen molar-refractivity contribution in [2.45, 2.75) is 26.3 Å². The van der Waals surface area contributed by atoms with E-state index in [1.807, 2.05) is 20.8 Å². The first-order chi connectivity index (χ1) is 4.62. The number of terminal acetylenes is 1. The summed E-state index contributed by atoms with van der Waals surface area (Å²) in [6.45, 7) is 6.95.